The van der Waals surface area contributed by atoms with E-state index in [0.717, 1.165) is 12.0 Å². The number of nitro groups is 1. The molecule has 0 heterocycles. The van der Waals surface area contributed by atoms with E-state index in [0.29, 0.717) is 12.0 Å². The molecule has 0 unspecified atom stereocenters. The van der Waals surface area contributed by atoms with Crippen LogP contribution in [0.2, 0.25) is 0 Å². The van der Waals surface area contributed by atoms with Crippen molar-refractivity contribution >= 4 is 11.6 Å². The van der Waals surface area contributed by atoms with Crippen molar-refractivity contribution in [2.45, 2.75) is 39.3 Å². The second-order valence-corrected chi connectivity index (χ2v) is 4.43. The van der Waals surface area contributed by atoms with E-state index in [9.17, 15) is 14.9 Å². The van der Waals surface area contributed by atoms with Gasteiger partial charge in [-0.2, -0.15) is 0 Å². The number of nitrogens with two attached hydrogens (primary N) is 1. The summed E-state index contributed by atoms with van der Waals surface area (Å²) in [5.41, 5.74) is 7.04. The van der Waals surface area contributed by atoms with E-state index in [2.05, 4.69) is 5.32 Å². The second kappa shape index (κ2) is 6.84. The van der Waals surface area contributed by atoms with Gasteiger partial charge < -0.3 is 11.1 Å². The van der Waals surface area contributed by atoms with E-state index < -0.39 is 11.0 Å². The largest absolute Gasteiger partial charge is 0.351 e. The Morgan fingerprint density at radius 3 is 2.79 bits per heavy atom. The number of rotatable bonds is 6. The third-order valence-corrected chi connectivity index (χ3v) is 3.00. The Kier molecular flexibility index (Phi) is 5.44. The first kappa shape index (κ1) is 15.1. The summed E-state index contributed by atoms with van der Waals surface area (Å²) < 4.78 is 0. The van der Waals surface area contributed by atoms with E-state index in [4.69, 9.17) is 5.73 Å². The fraction of sp³-hybridized carbons (Fsp3) is 0.462. The van der Waals surface area contributed by atoms with Gasteiger partial charge >= 0.3 is 0 Å². The molecule has 1 aromatic rings. The molecule has 0 fully saturated rings. The molecule has 1 rings (SSSR count). The molecular weight excluding hydrogens is 246 g/mol. The molecule has 6 heteroatoms. The van der Waals surface area contributed by atoms with Gasteiger partial charge in [-0.1, -0.05) is 25.5 Å². The molecule has 104 valence electrons. The van der Waals surface area contributed by atoms with Gasteiger partial charge in [0.1, 0.15) is 0 Å². The highest BCUT2D eigenvalue weighted by Crippen LogP contribution is 2.20. The molecule has 6 nitrogen and oxygen atoms in total. The number of carbonyl (C=O) groups excluding carboxylic acids is 1. The topological polar surface area (TPSA) is 98.3 Å². The SMILES string of the molecule is CCC[C@@H](N)C(=O)NCc1cccc([N+](=O)[O-])c1C. The Labute approximate surface area is 112 Å². The summed E-state index contributed by atoms with van der Waals surface area (Å²) in [5, 5.41) is 13.5. The van der Waals surface area contributed by atoms with Crippen LogP contribution in [-0.2, 0) is 11.3 Å². The fourth-order valence-electron chi connectivity index (χ4n) is 1.81. The molecule has 0 radical (unpaired) electrons. The minimum Gasteiger partial charge on any atom is -0.351 e. The molecule has 0 saturated heterocycles. The third kappa shape index (κ3) is 4.03. The first-order valence-electron chi connectivity index (χ1n) is 6.23. The summed E-state index contributed by atoms with van der Waals surface area (Å²) in [6, 6.07) is 4.29. The molecule has 0 aliphatic carbocycles. The van der Waals surface area contributed by atoms with Crippen molar-refractivity contribution in [3.63, 3.8) is 0 Å². The molecule has 0 bridgehead atoms. The molecule has 0 saturated carbocycles. The minimum absolute atomic E-state index is 0.0598. The lowest BCUT2D eigenvalue weighted by molar-refractivity contribution is -0.385. The van der Waals surface area contributed by atoms with Gasteiger partial charge in [-0.15, -0.1) is 0 Å². The quantitative estimate of drug-likeness (QED) is 0.603. The van der Waals surface area contributed by atoms with Crippen molar-refractivity contribution in [1.82, 2.24) is 5.32 Å². The van der Waals surface area contributed by atoms with Gasteiger partial charge in [0.15, 0.2) is 0 Å². The maximum atomic E-state index is 11.7. The zero-order valence-electron chi connectivity index (χ0n) is 11.2. The zero-order valence-corrected chi connectivity index (χ0v) is 11.2. The highest BCUT2D eigenvalue weighted by molar-refractivity contribution is 5.81. The van der Waals surface area contributed by atoms with Crippen molar-refractivity contribution in [1.29, 1.82) is 0 Å². The van der Waals surface area contributed by atoms with Crippen molar-refractivity contribution < 1.29 is 9.72 Å². The number of amides is 1. The van der Waals surface area contributed by atoms with Gasteiger partial charge in [-0.25, -0.2) is 0 Å². The minimum atomic E-state index is -0.524. The molecule has 0 aromatic heterocycles. The molecule has 1 amide bonds. The molecular formula is C13H19N3O3. The fourth-order valence-corrected chi connectivity index (χ4v) is 1.81. The van der Waals surface area contributed by atoms with Crippen molar-refractivity contribution in [3.8, 4) is 0 Å². The smallest absolute Gasteiger partial charge is 0.272 e. The Balaban J connectivity index is 2.71. The number of nitrogens with one attached hydrogen (secondary N) is 1. The van der Waals surface area contributed by atoms with Gasteiger partial charge in [-0.05, 0) is 18.9 Å². The number of benzene rings is 1. The van der Waals surface area contributed by atoms with Crippen LogP contribution in [0, 0.1) is 17.0 Å². The summed E-state index contributed by atoms with van der Waals surface area (Å²) in [5.74, 6) is -0.229. The lowest BCUT2D eigenvalue weighted by Gasteiger charge is -2.12. The van der Waals surface area contributed by atoms with Crippen LogP contribution in [0.15, 0.2) is 18.2 Å². The predicted molar refractivity (Wildman–Crippen MR) is 72.6 cm³/mol. The summed E-state index contributed by atoms with van der Waals surface area (Å²) in [6.45, 7) is 3.88. The van der Waals surface area contributed by atoms with E-state index in [1.807, 2.05) is 6.92 Å². The predicted octanol–water partition coefficient (Wildman–Crippen LogP) is 1.65. The van der Waals surface area contributed by atoms with Crippen molar-refractivity contribution in [3.05, 3.63) is 39.4 Å². The normalized spacial score (nSPS) is 11.9. The van der Waals surface area contributed by atoms with Gasteiger partial charge in [0.05, 0.1) is 11.0 Å². The average molecular weight is 265 g/mol. The Morgan fingerprint density at radius 1 is 1.53 bits per heavy atom. The molecule has 1 atom stereocenters. The van der Waals surface area contributed by atoms with E-state index in [1.165, 1.54) is 6.07 Å². The number of carbonyl (C=O) groups is 1. The third-order valence-electron chi connectivity index (χ3n) is 3.00. The highest BCUT2D eigenvalue weighted by atomic mass is 16.6. The van der Waals surface area contributed by atoms with Gasteiger partial charge in [0, 0.05) is 18.2 Å². The maximum Gasteiger partial charge on any atom is 0.272 e. The van der Waals surface area contributed by atoms with Gasteiger partial charge in [0.2, 0.25) is 5.91 Å². The zero-order chi connectivity index (χ0) is 14.4. The van der Waals surface area contributed by atoms with Gasteiger partial charge in [-0.3, -0.25) is 14.9 Å². The molecule has 0 spiro atoms. The maximum absolute atomic E-state index is 11.7. The van der Waals surface area contributed by atoms with Crippen molar-refractivity contribution in [2.75, 3.05) is 0 Å². The number of nitro benzene ring substituents is 1. The summed E-state index contributed by atoms with van der Waals surface area (Å²) in [7, 11) is 0. The standard InChI is InChI=1S/C13H19N3O3/c1-3-5-11(14)13(17)15-8-10-6-4-7-12(9(10)2)16(18)19/h4,6-7,11H,3,5,8,14H2,1-2H3,(H,15,17)/t11-/m1/s1. The van der Waals surface area contributed by atoms with Gasteiger partial charge in [0.25, 0.3) is 5.69 Å². The van der Waals surface area contributed by atoms with Crippen LogP contribution in [0.3, 0.4) is 0 Å². The Hall–Kier alpha value is -1.95. The van der Waals surface area contributed by atoms with Crippen molar-refractivity contribution in [2.24, 2.45) is 5.73 Å². The van der Waals surface area contributed by atoms with E-state index >= 15 is 0 Å². The number of hydrogen-bond donors (Lipinski definition) is 2. The number of nitrogens with zero attached hydrogens (tertiary/aromatic N) is 1. The lowest BCUT2D eigenvalue weighted by atomic mass is 10.1. The van der Waals surface area contributed by atoms with Crippen LogP contribution in [0.4, 0.5) is 5.69 Å². The molecule has 0 aliphatic rings. The summed E-state index contributed by atoms with van der Waals surface area (Å²) in [4.78, 5) is 22.0. The lowest BCUT2D eigenvalue weighted by Crippen LogP contribution is -2.40. The second-order valence-electron chi connectivity index (χ2n) is 4.43. The first-order valence-corrected chi connectivity index (χ1v) is 6.23. The van der Waals surface area contributed by atoms with Crippen LogP contribution < -0.4 is 11.1 Å². The Bertz CT molecular complexity index is 474. The monoisotopic (exact) mass is 265 g/mol. The Morgan fingerprint density at radius 2 is 2.21 bits per heavy atom. The number of hydrogen-bond acceptors (Lipinski definition) is 4. The molecule has 0 aliphatic heterocycles. The van der Waals surface area contributed by atoms with Crippen LogP contribution >= 0.6 is 0 Å². The van der Waals surface area contributed by atoms with Crippen LogP contribution in [-0.4, -0.2) is 16.9 Å². The first-order chi connectivity index (χ1) is 8.97. The van der Waals surface area contributed by atoms with Crippen LogP contribution in [0.25, 0.3) is 0 Å². The molecule has 1 aromatic carbocycles. The summed E-state index contributed by atoms with van der Waals surface area (Å²) >= 11 is 0. The molecule has 3 N–H and O–H groups in total. The summed E-state index contributed by atoms with van der Waals surface area (Å²) in [6.07, 6.45) is 1.46. The van der Waals surface area contributed by atoms with E-state index in [-0.39, 0.29) is 18.1 Å². The van der Waals surface area contributed by atoms with Crippen LogP contribution in [0.1, 0.15) is 30.9 Å². The highest BCUT2D eigenvalue weighted by Gasteiger charge is 2.15. The average Bonchev–Trinajstić information content (AvgIpc) is 2.37. The van der Waals surface area contributed by atoms with E-state index in [1.54, 1.807) is 19.1 Å². The van der Waals surface area contributed by atoms with Crippen LogP contribution in [0.5, 0.6) is 0 Å². The molecule has 19 heavy (non-hydrogen) atoms.